The molecule has 0 aliphatic carbocycles. The van der Waals surface area contributed by atoms with Gasteiger partial charge in [0.2, 0.25) is 0 Å². The van der Waals surface area contributed by atoms with E-state index in [9.17, 15) is 5.11 Å². The molecule has 0 unspecified atom stereocenters. The van der Waals surface area contributed by atoms with Crippen LogP contribution in [0.25, 0.3) is 0 Å². The molecule has 1 N–H and O–H groups in total. The van der Waals surface area contributed by atoms with Gasteiger partial charge in [-0.25, -0.2) is 4.57 Å². The standard InChI is InChI=1S/C20H34N2O.BrH/c1-2-3-4-5-6-7-8-9-10-11-12-13-16-22-17-14-15-19(18-22)20(21)23;/h14-15,17-18H,2-13,16H2,1H3,(H-,21,23);1H. The van der Waals surface area contributed by atoms with Gasteiger partial charge in [0.15, 0.2) is 12.4 Å². The van der Waals surface area contributed by atoms with E-state index in [1.807, 2.05) is 16.8 Å². The second-order valence-electron chi connectivity index (χ2n) is 6.55. The van der Waals surface area contributed by atoms with Crippen LogP contribution in [0.3, 0.4) is 0 Å². The quantitative estimate of drug-likeness (QED) is 0.205. The van der Waals surface area contributed by atoms with Gasteiger partial charge in [0.1, 0.15) is 6.54 Å². The fourth-order valence-corrected chi connectivity index (χ4v) is 2.93. The van der Waals surface area contributed by atoms with Gasteiger partial charge in [0.05, 0.1) is 0 Å². The number of nitrogens with zero attached hydrogens (tertiary/aromatic N) is 1. The number of aromatic nitrogens is 1. The Kier molecular flexibility index (Phi) is 15.0. The van der Waals surface area contributed by atoms with E-state index in [2.05, 4.69) is 6.92 Å². The summed E-state index contributed by atoms with van der Waals surface area (Å²) in [6.45, 7) is 3.21. The number of aryl methyl sites for hydroxylation is 1. The van der Waals surface area contributed by atoms with Crippen molar-refractivity contribution in [3.05, 3.63) is 30.1 Å². The van der Waals surface area contributed by atoms with Crippen molar-refractivity contribution in [2.75, 3.05) is 0 Å². The van der Waals surface area contributed by atoms with E-state index in [0.29, 0.717) is 5.56 Å². The maximum atomic E-state index is 11.0. The second kappa shape index (κ2) is 15.6. The first-order valence-corrected chi connectivity index (χ1v) is 9.49. The lowest BCUT2D eigenvalue weighted by atomic mass is 10.1. The number of hydrogen-bond donors (Lipinski definition) is 1. The molecule has 0 saturated carbocycles. The van der Waals surface area contributed by atoms with Crippen molar-refractivity contribution in [3.63, 3.8) is 0 Å². The summed E-state index contributed by atoms with van der Waals surface area (Å²) in [7, 11) is 0. The maximum Gasteiger partial charge on any atom is 0.176 e. The molecular formula is C20H35BrN2O. The average molecular weight is 399 g/mol. The maximum absolute atomic E-state index is 11.0. The zero-order chi connectivity index (χ0) is 16.8. The summed E-state index contributed by atoms with van der Waals surface area (Å²) < 4.78 is 2.03. The predicted molar refractivity (Wildman–Crippen MR) is 105 cm³/mol. The molecule has 3 nitrogen and oxygen atoms in total. The highest BCUT2D eigenvalue weighted by molar-refractivity contribution is 8.93. The van der Waals surface area contributed by atoms with Crippen molar-refractivity contribution >= 4 is 22.9 Å². The molecule has 0 amide bonds. The molecule has 0 aliphatic heterocycles. The van der Waals surface area contributed by atoms with Crippen molar-refractivity contribution in [1.29, 1.82) is 5.41 Å². The Hall–Kier alpha value is -0.900. The Morgan fingerprint density at radius 1 is 0.917 bits per heavy atom. The Morgan fingerprint density at radius 3 is 1.92 bits per heavy atom. The number of pyridine rings is 1. The number of unbranched alkanes of at least 4 members (excludes halogenated alkanes) is 11. The molecule has 0 saturated heterocycles. The lowest BCUT2D eigenvalue weighted by Crippen LogP contribution is -2.34. The fourth-order valence-electron chi connectivity index (χ4n) is 2.93. The lowest BCUT2D eigenvalue weighted by Gasteiger charge is -2.05. The molecule has 0 atom stereocenters. The molecule has 0 radical (unpaired) electrons. The topological polar surface area (TPSA) is 50.8 Å². The zero-order valence-electron chi connectivity index (χ0n) is 15.3. The molecule has 138 valence electrons. The van der Waals surface area contributed by atoms with E-state index in [0.717, 1.165) is 13.0 Å². The third-order valence-corrected chi connectivity index (χ3v) is 4.39. The van der Waals surface area contributed by atoms with Crippen LogP contribution >= 0.6 is 17.0 Å². The van der Waals surface area contributed by atoms with Crippen molar-refractivity contribution in [2.24, 2.45) is 0 Å². The fraction of sp³-hybridized carbons (Fsp3) is 0.700. The van der Waals surface area contributed by atoms with Gasteiger partial charge in [-0.3, -0.25) is 0 Å². The van der Waals surface area contributed by atoms with Crippen LogP contribution in [0.2, 0.25) is 0 Å². The number of nitrogens with one attached hydrogen (secondary N) is 1. The van der Waals surface area contributed by atoms with Gasteiger partial charge in [-0.05, 0) is 18.4 Å². The molecule has 24 heavy (non-hydrogen) atoms. The highest BCUT2D eigenvalue weighted by atomic mass is 79.9. The van der Waals surface area contributed by atoms with Crippen LogP contribution in [0.1, 0.15) is 89.5 Å². The Labute approximate surface area is 158 Å². The molecular weight excluding hydrogens is 364 g/mol. The average Bonchev–Trinajstić information content (AvgIpc) is 2.56. The van der Waals surface area contributed by atoms with Crippen LogP contribution in [0.4, 0.5) is 0 Å². The largest absolute Gasteiger partial charge is 0.859 e. The third kappa shape index (κ3) is 11.6. The van der Waals surface area contributed by atoms with E-state index >= 15 is 0 Å². The van der Waals surface area contributed by atoms with Gasteiger partial charge in [0, 0.05) is 18.1 Å². The van der Waals surface area contributed by atoms with Crippen molar-refractivity contribution in [2.45, 2.75) is 90.5 Å². The van der Waals surface area contributed by atoms with E-state index in [1.54, 1.807) is 12.3 Å². The van der Waals surface area contributed by atoms with Crippen LogP contribution in [0, 0.1) is 5.41 Å². The van der Waals surface area contributed by atoms with Crippen LogP contribution in [-0.4, -0.2) is 5.90 Å². The number of halogens is 1. The molecule has 1 aromatic rings. The van der Waals surface area contributed by atoms with Crippen molar-refractivity contribution in [1.82, 2.24) is 0 Å². The van der Waals surface area contributed by atoms with Gasteiger partial charge in [0.25, 0.3) is 0 Å². The highest BCUT2D eigenvalue weighted by Gasteiger charge is 2.02. The number of hydrogen-bond acceptors (Lipinski definition) is 2. The normalized spacial score (nSPS) is 10.4. The lowest BCUT2D eigenvalue weighted by molar-refractivity contribution is -0.697. The molecule has 1 aromatic heterocycles. The Balaban J connectivity index is 0.00000529. The zero-order valence-corrected chi connectivity index (χ0v) is 17.0. The summed E-state index contributed by atoms with van der Waals surface area (Å²) in [5, 5.41) is 18.2. The van der Waals surface area contributed by atoms with E-state index in [4.69, 9.17) is 5.41 Å². The predicted octanol–water partition coefficient (Wildman–Crippen LogP) is 4.94. The summed E-state index contributed by atoms with van der Waals surface area (Å²) in [6, 6.07) is 3.55. The minimum Gasteiger partial charge on any atom is -0.859 e. The molecule has 4 heteroatoms. The summed E-state index contributed by atoms with van der Waals surface area (Å²) in [4.78, 5) is 0. The minimum atomic E-state index is -0.603. The second-order valence-corrected chi connectivity index (χ2v) is 6.55. The van der Waals surface area contributed by atoms with E-state index < -0.39 is 5.90 Å². The first-order chi connectivity index (χ1) is 11.2. The molecule has 0 bridgehead atoms. The van der Waals surface area contributed by atoms with Gasteiger partial charge < -0.3 is 10.5 Å². The molecule has 1 rings (SSSR count). The SMILES string of the molecule is Br.CCCCCCCCCCCCCC[n+]1cccc(C(=N)[O-])c1. The van der Waals surface area contributed by atoms with Crippen LogP contribution in [0.15, 0.2) is 24.5 Å². The van der Waals surface area contributed by atoms with Crippen molar-refractivity contribution < 1.29 is 9.67 Å². The first kappa shape index (κ1) is 23.1. The highest BCUT2D eigenvalue weighted by Crippen LogP contribution is 2.11. The Morgan fingerprint density at radius 2 is 1.42 bits per heavy atom. The molecule has 1 heterocycles. The molecule has 0 aromatic carbocycles. The van der Waals surface area contributed by atoms with E-state index in [-0.39, 0.29) is 17.0 Å². The molecule has 0 spiro atoms. The molecule has 0 fully saturated rings. The summed E-state index contributed by atoms with van der Waals surface area (Å²) in [6.07, 6.45) is 20.0. The van der Waals surface area contributed by atoms with Gasteiger partial charge >= 0.3 is 0 Å². The smallest absolute Gasteiger partial charge is 0.176 e. The minimum absolute atomic E-state index is 0. The van der Waals surface area contributed by atoms with Crippen molar-refractivity contribution in [3.8, 4) is 0 Å². The number of rotatable bonds is 14. The summed E-state index contributed by atoms with van der Waals surface area (Å²) >= 11 is 0. The van der Waals surface area contributed by atoms with Crippen LogP contribution in [-0.2, 0) is 6.54 Å². The van der Waals surface area contributed by atoms with E-state index in [1.165, 1.54) is 70.6 Å². The van der Waals surface area contributed by atoms with Gasteiger partial charge in [-0.2, -0.15) is 0 Å². The summed E-state index contributed by atoms with van der Waals surface area (Å²) in [5.41, 5.74) is 0.478. The molecule has 0 aliphatic rings. The third-order valence-electron chi connectivity index (χ3n) is 4.39. The summed E-state index contributed by atoms with van der Waals surface area (Å²) in [5.74, 6) is -0.603. The van der Waals surface area contributed by atoms with Gasteiger partial charge in [-0.15, -0.1) is 17.0 Å². The Bertz CT molecular complexity index is 437. The van der Waals surface area contributed by atoms with Crippen LogP contribution < -0.4 is 9.67 Å². The first-order valence-electron chi connectivity index (χ1n) is 9.49. The van der Waals surface area contributed by atoms with Crippen LogP contribution in [0.5, 0.6) is 0 Å². The monoisotopic (exact) mass is 398 g/mol. The van der Waals surface area contributed by atoms with Gasteiger partial charge in [-0.1, -0.05) is 71.1 Å².